The number of amides is 1. The van der Waals surface area contributed by atoms with Crippen LogP contribution in [0.1, 0.15) is 22.3 Å². The van der Waals surface area contributed by atoms with E-state index in [1.165, 1.54) is 18.6 Å². The summed E-state index contributed by atoms with van der Waals surface area (Å²) in [4.78, 5) is 24.1. The zero-order chi connectivity index (χ0) is 25.6. The van der Waals surface area contributed by atoms with Gasteiger partial charge in [0, 0.05) is 24.8 Å². The van der Waals surface area contributed by atoms with Crippen molar-refractivity contribution in [1.29, 1.82) is 0 Å². The second-order valence-corrected chi connectivity index (χ2v) is 7.93. The number of aliphatic carboxylic acids is 1. The van der Waals surface area contributed by atoms with Crippen LogP contribution in [-0.4, -0.2) is 64.0 Å². The lowest BCUT2D eigenvalue weighted by Crippen LogP contribution is -2.42. The summed E-state index contributed by atoms with van der Waals surface area (Å²) in [5.41, 5.74) is 3.85. The lowest BCUT2D eigenvalue weighted by atomic mass is 10.1. The summed E-state index contributed by atoms with van der Waals surface area (Å²) in [6.07, 6.45) is -2.14. The average Bonchev–Trinajstić information content (AvgIpc) is 3.21. The topological polar surface area (TPSA) is 87.5 Å². The first-order valence-corrected chi connectivity index (χ1v) is 10.8. The molecule has 2 N–H and O–H groups in total. The number of rotatable bonds is 6. The van der Waals surface area contributed by atoms with Crippen LogP contribution in [0.2, 0.25) is 0 Å². The first-order valence-electron chi connectivity index (χ1n) is 10.8. The maximum absolute atomic E-state index is 13.3. The van der Waals surface area contributed by atoms with Gasteiger partial charge in [-0.3, -0.25) is 4.79 Å². The van der Waals surface area contributed by atoms with E-state index in [0.29, 0.717) is 23.5 Å². The molecule has 0 spiro atoms. The number of alkyl halides is 3. The predicted octanol–water partition coefficient (Wildman–Crippen LogP) is 4.06. The van der Waals surface area contributed by atoms with Crippen molar-refractivity contribution in [1.82, 2.24) is 20.0 Å². The molecule has 1 amide bonds. The van der Waals surface area contributed by atoms with Gasteiger partial charge in [-0.25, -0.2) is 13.9 Å². The van der Waals surface area contributed by atoms with Gasteiger partial charge in [0.15, 0.2) is 0 Å². The molecule has 1 saturated heterocycles. The number of hydrogen-bond donors (Lipinski definition) is 2. The van der Waals surface area contributed by atoms with Gasteiger partial charge in [-0.15, -0.1) is 0 Å². The molecule has 3 aromatic rings. The molecule has 0 bridgehead atoms. The van der Waals surface area contributed by atoms with Crippen LogP contribution in [0.25, 0.3) is 16.9 Å². The lowest BCUT2D eigenvalue weighted by Gasteiger charge is -2.30. The van der Waals surface area contributed by atoms with Gasteiger partial charge in [0.05, 0.1) is 11.3 Å². The van der Waals surface area contributed by atoms with Crippen molar-refractivity contribution in [3.8, 4) is 16.9 Å². The van der Waals surface area contributed by atoms with Gasteiger partial charge >= 0.3 is 12.1 Å². The Morgan fingerprint density at radius 1 is 1.06 bits per heavy atom. The number of carbonyl (C=O) groups excluding carboxylic acids is 1. The number of nitrogens with zero attached hydrogens (tertiary/aromatic N) is 3. The summed E-state index contributed by atoms with van der Waals surface area (Å²) in [5.74, 6) is -3.21. The number of nitrogens with one attached hydrogen (secondary N) is 1. The maximum atomic E-state index is 13.3. The molecular formula is C24H24F4N4O3. The van der Waals surface area contributed by atoms with Crippen molar-refractivity contribution >= 4 is 11.9 Å². The average molecular weight is 492 g/mol. The molecule has 0 saturated carbocycles. The van der Waals surface area contributed by atoms with Crippen LogP contribution in [0.4, 0.5) is 17.6 Å². The number of aryl methyl sites for hydroxylation is 1. The molecule has 11 heteroatoms. The number of likely N-dealkylation sites (tertiary alicyclic amines) is 1. The SMILES string of the molecule is Cc1ccc(-c2nn(-c3ccc(F)cc3)cc2C(=O)NCCN2CCC2)cc1.O=C(O)C(F)(F)F. The van der Waals surface area contributed by atoms with Gasteiger partial charge in [0.25, 0.3) is 5.91 Å². The highest BCUT2D eigenvalue weighted by atomic mass is 19.4. The molecule has 0 aliphatic carbocycles. The minimum Gasteiger partial charge on any atom is -0.475 e. The van der Waals surface area contributed by atoms with Gasteiger partial charge in [-0.2, -0.15) is 18.3 Å². The highest BCUT2D eigenvalue weighted by molar-refractivity contribution is 5.99. The molecule has 4 rings (SSSR count). The Hall–Kier alpha value is -3.73. The molecule has 0 radical (unpaired) electrons. The fraction of sp³-hybridized carbons (Fsp3) is 0.292. The summed E-state index contributed by atoms with van der Waals surface area (Å²) in [7, 11) is 0. The van der Waals surface area contributed by atoms with Crippen LogP contribution in [-0.2, 0) is 4.79 Å². The molecule has 2 heterocycles. The van der Waals surface area contributed by atoms with Gasteiger partial charge in [0.1, 0.15) is 11.5 Å². The van der Waals surface area contributed by atoms with Crippen molar-refractivity contribution in [3.63, 3.8) is 0 Å². The third kappa shape index (κ3) is 7.12. The Labute approximate surface area is 199 Å². The number of hydrogen-bond acceptors (Lipinski definition) is 4. The van der Waals surface area contributed by atoms with Crippen molar-refractivity contribution in [3.05, 3.63) is 71.7 Å². The van der Waals surface area contributed by atoms with Crippen molar-refractivity contribution in [2.75, 3.05) is 26.2 Å². The van der Waals surface area contributed by atoms with E-state index in [1.54, 1.807) is 23.0 Å². The third-order valence-corrected chi connectivity index (χ3v) is 5.28. The first kappa shape index (κ1) is 25.9. The van der Waals surface area contributed by atoms with E-state index in [1.807, 2.05) is 31.2 Å². The fourth-order valence-corrected chi connectivity index (χ4v) is 3.22. The Bertz CT molecular complexity index is 1160. The molecule has 7 nitrogen and oxygen atoms in total. The number of benzene rings is 2. The van der Waals surface area contributed by atoms with Gasteiger partial charge in [-0.05, 0) is 50.7 Å². The molecule has 0 atom stereocenters. The smallest absolute Gasteiger partial charge is 0.475 e. The van der Waals surface area contributed by atoms with Crippen LogP contribution < -0.4 is 5.32 Å². The summed E-state index contributed by atoms with van der Waals surface area (Å²) in [5, 5.41) is 14.7. The van der Waals surface area contributed by atoms with E-state index in [4.69, 9.17) is 9.90 Å². The van der Waals surface area contributed by atoms with Gasteiger partial charge in [-0.1, -0.05) is 29.8 Å². The number of carbonyl (C=O) groups is 2. The molecule has 35 heavy (non-hydrogen) atoms. The van der Waals surface area contributed by atoms with Crippen LogP contribution in [0.5, 0.6) is 0 Å². The number of aromatic nitrogens is 2. The zero-order valence-electron chi connectivity index (χ0n) is 18.8. The standard InChI is InChI=1S/C22H23FN4O.C2HF3O2/c1-16-3-5-17(6-4-16)21-20(22(28)24-11-14-26-12-2-13-26)15-27(25-21)19-9-7-18(23)8-10-19;3-2(4,5)1(6)7/h3-10,15H,2,11-14H2,1H3,(H,24,28);(H,6,7). The van der Waals surface area contributed by atoms with Crippen LogP contribution in [0.3, 0.4) is 0 Å². The molecule has 2 aromatic carbocycles. The second kappa shape index (κ2) is 11.1. The van der Waals surface area contributed by atoms with Crippen molar-refractivity contribution in [2.24, 2.45) is 0 Å². The van der Waals surface area contributed by atoms with Crippen molar-refractivity contribution in [2.45, 2.75) is 19.5 Å². The minimum atomic E-state index is -5.08. The van der Waals surface area contributed by atoms with E-state index in [9.17, 15) is 22.4 Å². The molecule has 1 aromatic heterocycles. The molecule has 1 aliphatic heterocycles. The predicted molar refractivity (Wildman–Crippen MR) is 121 cm³/mol. The van der Waals surface area contributed by atoms with E-state index >= 15 is 0 Å². The van der Waals surface area contributed by atoms with Gasteiger partial charge in [0.2, 0.25) is 0 Å². The highest BCUT2D eigenvalue weighted by Gasteiger charge is 2.38. The fourth-order valence-electron chi connectivity index (χ4n) is 3.22. The quantitative estimate of drug-likeness (QED) is 0.507. The molecular weight excluding hydrogens is 468 g/mol. The zero-order valence-corrected chi connectivity index (χ0v) is 18.8. The Morgan fingerprint density at radius 3 is 2.17 bits per heavy atom. The summed E-state index contributed by atoms with van der Waals surface area (Å²) in [6, 6.07) is 14.0. The van der Waals surface area contributed by atoms with E-state index in [2.05, 4.69) is 15.3 Å². The Morgan fingerprint density at radius 2 is 1.66 bits per heavy atom. The Balaban J connectivity index is 0.000000429. The largest absolute Gasteiger partial charge is 0.490 e. The minimum absolute atomic E-state index is 0.149. The summed E-state index contributed by atoms with van der Waals surface area (Å²) in [6.45, 7) is 5.69. The monoisotopic (exact) mass is 492 g/mol. The van der Waals surface area contributed by atoms with Crippen LogP contribution >= 0.6 is 0 Å². The number of carboxylic acids is 1. The van der Waals surface area contributed by atoms with E-state index < -0.39 is 12.1 Å². The molecule has 1 aliphatic rings. The third-order valence-electron chi connectivity index (χ3n) is 5.28. The lowest BCUT2D eigenvalue weighted by molar-refractivity contribution is -0.192. The van der Waals surface area contributed by atoms with Crippen LogP contribution in [0.15, 0.2) is 54.7 Å². The maximum Gasteiger partial charge on any atom is 0.490 e. The van der Waals surface area contributed by atoms with Gasteiger partial charge < -0.3 is 15.3 Å². The second-order valence-electron chi connectivity index (χ2n) is 7.93. The number of carboxylic acid groups (broad SMARTS) is 1. The van der Waals surface area contributed by atoms with E-state index in [0.717, 1.165) is 30.8 Å². The summed E-state index contributed by atoms with van der Waals surface area (Å²) < 4.78 is 46.6. The number of halogens is 4. The first-order chi connectivity index (χ1) is 16.5. The summed E-state index contributed by atoms with van der Waals surface area (Å²) >= 11 is 0. The van der Waals surface area contributed by atoms with Crippen LogP contribution in [0, 0.1) is 12.7 Å². The molecule has 0 unspecified atom stereocenters. The Kier molecular flexibility index (Phi) is 8.23. The van der Waals surface area contributed by atoms with E-state index in [-0.39, 0.29) is 11.7 Å². The molecule has 1 fully saturated rings. The normalized spacial score (nSPS) is 13.4. The highest BCUT2D eigenvalue weighted by Crippen LogP contribution is 2.24. The molecule has 186 valence electrons. The van der Waals surface area contributed by atoms with Crippen molar-refractivity contribution < 1.29 is 32.3 Å².